The Kier molecular flexibility index (Phi) is 5.71. The number of nitrogens with zero attached hydrogens (tertiary/aromatic N) is 1. The van der Waals surface area contributed by atoms with Gasteiger partial charge in [0.1, 0.15) is 11.4 Å². The lowest BCUT2D eigenvalue weighted by Crippen LogP contribution is -2.13. The zero-order valence-corrected chi connectivity index (χ0v) is 15.7. The molecular weight excluding hydrogens is 338 g/mol. The predicted molar refractivity (Wildman–Crippen MR) is 109 cm³/mol. The van der Waals surface area contributed by atoms with Crippen molar-refractivity contribution in [1.29, 1.82) is 0 Å². The second-order valence-electron chi connectivity index (χ2n) is 6.49. The van der Waals surface area contributed by atoms with Crippen LogP contribution in [0.1, 0.15) is 35.8 Å². The standard InChI is InChI=1S/C22H23N3O2/c1-15(2)16-8-10-17(11-9-16)25-22(26)20-14-18(12-13-23-20)24-19-6-4-5-7-21(19)27-3/h4-15H,1-3H3,(H,23,24)(H,25,26). The van der Waals surface area contributed by atoms with E-state index >= 15 is 0 Å². The summed E-state index contributed by atoms with van der Waals surface area (Å²) in [4.78, 5) is 16.7. The normalized spacial score (nSPS) is 10.5. The van der Waals surface area contributed by atoms with Gasteiger partial charge in [-0.25, -0.2) is 0 Å². The molecule has 27 heavy (non-hydrogen) atoms. The van der Waals surface area contributed by atoms with Crippen LogP contribution in [0.4, 0.5) is 17.1 Å². The van der Waals surface area contributed by atoms with E-state index in [2.05, 4.69) is 29.5 Å². The highest BCUT2D eigenvalue weighted by Gasteiger charge is 2.10. The van der Waals surface area contributed by atoms with E-state index in [1.165, 1.54) is 5.56 Å². The van der Waals surface area contributed by atoms with Crippen molar-refractivity contribution in [1.82, 2.24) is 4.98 Å². The van der Waals surface area contributed by atoms with Gasteiger partial charge >= 0.3 is 0 Å². The Morgan fingerprint density at radius 2 is 1.74 bits per heavy atom. The Balaban J connectivity index is 1.73. The lowest BCUT2D eigenvalue weighted by Gasteiger charge is -2.12. The number of ether oxygens (including phenoxy) is 1. The molecule has 0 saturated carbocycles. The molecule has 0 saturated heterocycles. The minimum Gasteiger partial charge on any atom is -0.495 e. The largest absolute Gasteiger partial charge is 0.495 e. The van der Waals surface area contributed by atoms with Crippen LogP contribution in [0.25, 0.3) is 0 Å². The summed E-state index contributed by atoms with van der Waals surface area (Å²) < 4.78 is 5.34. The molecule has 0 fully saturated rings. The van der Waals surface area contributed by atoms with E-state index in [9.17, 15) is 4.79 Å². The maximum atomic E-state index is 12.5. The molecule has 1 heterocycles. The molecule has 1 amide bonds. The number of amides is 1. The van der Waals surface area contributed by atoms with Crippen LogP contribution in [0.3, 0.4) is 0 Å². The van der Waals surface area contributed by atoms with Gasteiger partial charge in [0.15, 0.2) is 0 Å². The molecule has 0 radical (unpaired) electrons. The molecule has 0 bridgehead atoms. The van der Waals surface area contributed by atoms with Crippen molar-refractivity contribution < 1.29 is 9.53 Å². The van der Waals surface area contributed by atoms with E-state index < -0.39 is 0 Å². The minimum atomic E-state index is -0.254. The first-order valence-corrected chi connectivity index (χ1v) is 8.84. The van der Waals surface area contributed by atoms with E-state index in [1.807, 2.05) is 48.5 Å². The number of rotatable bonds is 6. The van der Waals surface area contributed by atoms with E-state index in [4.69, 9.17) is 4.74 Å². The number of carbonyl (C=O) groups is 1. The molecule has 0 unspecified atom stereocenters. The molecule has 3 aromatic rings. The summed E-state index contributed by atoms with van der Waals surface area (Å²) in [6, 6.07) is 19.0. The average Bonchev–Trinajstić information content (AvgIpc) is 2.69. The second kappa shape index (κ2) is 8.36. The maximum absolute atomic E-state index is 12.5. The summed E-state index contributed by atoms with van der Waals surface area (Å²) >= 11 is 0. The van der Waals surface area contributed by atoms with E-state index in [1.54, 1.807) is 25.4 Å². The molecule has 5 nitrogen and oxygen atoms in total. The fourth-order valence-electron chi connectivity index (χ4n) is 2.68. The van der Waals surface area contributed by atoms with Crippen molar-refractivity contribution in [3.8, 4) is 5.75 Å². The van der Waals surface area contributed by atoms with Gasteiger partial charge in [0.2, 0.25) is 0 Å². The number of benzene rings is 2. The molecule has 0 atom stereocenters. The molecule has 0 aliphatic heterocycles. The molecule has 2 aromatic carbocycles. The van der Waals surface area contributed by atoms with Gasteiger partial charge in [0, 0.05) is 17.6 Å². The third kappa shape index (κ3) is 4.64. The summed E-state index contributed by atoms with van der Waals surface area (Å²) in [5, 5.41) is 6.14. The smallest absolute Gasteiger partial charge is 0.274 e. The van der Waals surface area contributed by atoms with Crippen LogP contribution >= 0.6 is 0 Å². The van der Waals surface area contributed by atoms with Crippen LogP contribution in [-0.2, 0) is 0 Å². The van der Waals surface area contributed by atoms with E-state index in [0.29, 0.717) is 11.6 Å². The summed E-state index contributed by atoms with van der Waals surface area (Å²) in [5.41, 5.74) is 3.89. The van der Waals surface area contributed by atoms with E-state index in [0.717, 1.165) is 22.8 Å². The predicted octanol–water partition coefficient (Wildman–Crippen LogP) is 5.21. The fraction of sp³-hybridized carbons (Fsp3) is 0.182. The number of pyridine rings is 1. The number of carbonyl (C=O) groups excluding carboxylic acids is 1. The summed E-state index contributed by atoms with van der Waals surface area (Å²) in [6.45, 7) is 4.27. The SMILES string of the molecule is COc1ccccc1Nc1ccnc(C(=O)Nc2ccc(C(C)C)cc2)c1. The minimum absolute atomic E-state index is 0.254. The van der Waals surface area contributed by atoms with Gasteiger partial charge in [-0.05, 0) is 47.9 Å². The summed E-state index contributed by atoms with van der Waals surface area (Å²) in [7, 11) is 1.62. The van der Waals surface area contributed by atoms with Gasteiger partial charge in [-0.15, -0.1) is 0 Å². The van der Waals surface area contributed by atoms with Crippen molar-refractivity contribution in [3.63, 3.8) is 0 Å². The molecule has 1 aromatic heterocycles. The first kappa shape index (κ1) is 18.5. The number of methoxy groups -OCH3 is 1. The average molecular weight is 361 g/mol. The van der Waals surface area contributed by atoms with Crippen LogP contribution in [-0.4, -0.2) is 18.0 Å². The highest BCUT2D eigenvalue weighted by Crippen LogP contribution is 2.27. The van der Waals surface area contributed by atoms with Gasteiger partial charge < -0.3 is 15.4 Å². The van der Waals surface area contributed by atoms with Crippen molar-refractivity contribution in [2.45, 2.75) is 19.8 Å². The van der Waals surface area contributed by atoms with Crippen molar-refractivity contribution in [2.75, 3.05) is 17.7 Å². The van der Waals surface area contributed by atoms with Crippen molar-refractivity contribution >= 4 is 23.0 Å². The highest BCUT2D eigenvalue weighted by atomic mass is 16.5. The van der Waals surface area contributed by atoms with E-state index in [-0.39, 0.29) is 5.91 Å². The van der Waals surface area contributed by atoms with Crippen LogP contribution in [0.5, 0.6) is 5.75 Å². The third-order valence-electron chi connectivity index (χ3n) is 4.21. The molecule has 2 N–H and O–H groups in total. The lowest BCUT2D eigenvalue weighted by molar-refractivity contribution is 0.102. The highest BCUT2D eigenvalue weighted by molar-refractivity contribution is 6.03. The summed E-state index contributed by atoms with van der Waals surface area (Å²) in [5.74, 6) is 0.927. The number of hydrogen-bond donors (Lipinski definition) is 2. The number of hydrogen-bond acceptors (Lipinski definition) is 4. The van der Waals surface area contributed by atoms with Gasteiger partial charge in [0.05, 0.1) is 12.8 Å². The number of para-hydroxylation sites is 2. The van der Waals surface area contributed by atoms with Gasteiger partial charge in [-0.1, -0.05) is 38.1 Å². The Hall–Kier alpha value is -3.34. The number of nitrogens with one attached hydrogen (secondary N) is 2. The first-order chi connectivity index (χ1) is 13.1. The topological polar surface area (TPSA) is 63.2 Å². The zero-order valence-electron chi connectivity index (χ0n) is 15.7. The molecule has 0 aliphatic carbocycles. The molecular formula is C22H23N3O2. The van der Waals surface area contributed by atoms with Crippen LogP contribution in [0.15, 0.2) is 66.9 Å². The Bertz CT molecular complexity index is 921. The lowest BCUT2D eigenvalue weighted by atomic mass is 10.0. The van der Waals surface area contributed by atoms with Crippen LogP contribution < -0.4 is 15.4 Å². The summed E-state index contributed by atoms with van der Waals surface area (Å²) in [6.07, 6.45) is 1.61. The first-order valence-electron chi connectivity index (χ1n) is 8.84. The van der Waals surface area contributed by atoms with Crippen LogP contribution in [0, 0.1) is 0 Å². The maximum Gasteiger partial charge on any atom is 0.274 e. The molecule has 0 aliphatic rings. The number of anilines is 3. The quantitative estimate of drug-likeness (QED) is 0.633. The Morgan fingerprint density at radius 3 is 2.44 bits per heavy atom. The monoisotopic (exact) mass is 361 g/mol. The molecule has 3 rings (SSSR count). The molecule has 138 valence electrons. The van der Waals surface area contributed by atoms with Crippen molar-refractivity contribution in [3.05, 3.63) is 78.1 Å². The molecule has 5 heteroatoms. The number of aromatic nitrogens is 1. The zero-order chi connectivity index (χ0) is 19.2. The van der Waals surface area contributed by atoms with Crippen molar-refractivity contribution in [2.24, 2.45) is 0 Å². The van der Waals surface area contributed by atoms with Crippen LogP contribution in [0.2, 0.25) is 0 Å². The Morgan fingerprint density at radius 1 is 1.00 bits per heavy atom. The Labute approximate surface area is 159 Å². The van der Waals surface area contributed by atoms with Gasteiger partial charge in [-0.2, -0.15) is 0 Å². The second-order valence-corrected chi connectivity index (χ2v) is 6.49. The van der Waals surface area contributed by atoms with Gasteiger partial charge in [-0.3, -0.25) is 9.78 Å². The van der Waals surface area contributed by atoms with Gasteiger partial charge in [0.25, 0.3) is 5.91 Å². The molecule has 0 spiro atoms. The third-order valence-corrected chi connectivity index (χ3v) is 4.21. The fourth-order valence-corrected chi connectivity index (χ4v) is 2.68.